The molecule has 0 amide bonds. The Morgan fingerprint density at radius 1 is 0.595 bits per heavy atom. The Labute approximate surface area is 250 Å². The molecule has 0 saturated carbocycles. The Kier molecular flexibility index (Phi) is 17.5. The Morgan fingerprint density at radius 2 is 1.10 bits per heavy atom. The predicted molar refractivity (Wildman–Crippen MR) is 164 cm³/mol. The maximum Gasteiger partial charge on any atom is 0.339 e. The highest BCUT2D eigenvalue weighted by molar-refractivity contribution is 6.03. The van der Waals surface area contributed by atoms with E-state index in [2.05, 4.69) is 27.7 Å². The first-order chi connectivity index (χ1) is 20.0. The molecule has 8 nitrogen and oxygen atoms in total. The van der Waals surface area contributed by atoms with Gasteiger partial charge in [0, 0.05) is 0 Å². The van der Waals surface area contributed by atoms with E-state index in [4.69, 9.17) is 14.9 Å². The lowest BCUT2D eigenvalue weighted by Crippen LogP contribution is -2.12. The van der Waals surface area contributed by atoms with E-state index >= 15 is 0 Å². The summed E-state index contributed by atoms with van der Waals surface area (Å²) >= 11 is 0. The van der Waals surface area contributed by atoms with Gasteiger partial charge in [-0.25, -0.2) is 19.2 Å². The number of carbonyl (C=O) groups excluding carboxylic acids is 1. The summed E-state index contributed by atoms with van der Waals surface area (Å²) in [6, 6.07) is 10.8. The van der Waals surface area contributed by atoms with E-state index in [0.29, 0.717) is 18.6 Å². The van der Waals surface area contributed by atoms with Crippen LogP contribution in [0.15, 0.2) is 42.5 Å². The summed E-state index contributed by atoms with van der Waals surface area (Å²) in [6.45, 7) is 9.17. The van der Waals surface area contributed by atoms with E-state index in [0.717, 1.165) is 50.4 Å². The fourth-order valence-corrected chi connectivity index (χ4v) is 4.56. The van der Waals surface area contributed by atoms with Crippen molar-refractivity contribution in [3.63, 3.8) is 0 Å². The number of esters is 1. The molecule has 0 fully saturated rings. The van der Waals surface area contributed by atoms with Crippen LogP contribution >= 0.6 is 0 Å². The Balaban J connectivity index is 0.000000420. The summed E-state index contributed by atoms with van der Waals surface area (Å²) in [7, 11) is 0. The molecule has 3 N–H and O–H groups in total. The van der Waals surface area contributed by atoms with Crippen LogP contribution in [0.1, 0.15) is 139 Å². The molecular weight excluding hydrogens is 536 g/mol. The molecule has 0 atom stereocenters. The summed E-state index contributed by atoms with van der Waals surface area (Å²) < 4.78 is 5.14. The van der Waals surface area contributed by atoms with Crippen LogP contribution in [0.5, 0.6) is 0 Å². The minimum absolute atomic E-state index is 0.0144. The van der Waals surface area contributed by atoms with E-state index < -0.39 is 23.9 Å². The lowest BCUT2D eigenvalue weighted by atomic mass is 9.96. The lowest BCUT2D eigenvalue weighted by molar-refractivity contribution is 0.0487. The molecule has 0 radical (unpaired) electrons. The van der Waals surface area contributed by atoms with Crippen LogP contribution in [0.3, 0.4) is 0 Å². The number of ether oxygens (including phenoxy) is 1. The molecule has 0 saturated heterocycles. The summed E-state index contributed by atoms with van der Waals surface area (Å²) in [4.78, 5) is 45.3. The van der Waals surface area contributed by atoms with Crippen molar-refractivity contribution in [2.75, 3.05) is 6.61 Å². The van der Waals surface area contributed by atoms with Crippen LogP contribution < -0.4 is 0 Å². The van der Waals surface area contributed by atoms with Gasteiger partial charge in [0.2, 0.25) is 0 Å². The number of benzene rings is 2. The van der Waals surface area contributed by atoms with Crippen molar-refractivity contribution in [2.24, 2.45) is 11.8 Å². The zero-order chi connectivity index (χ0) is 31.5. The zero-order valence-electron chi connectivity index (χ0n) is 25.6. The molecule has 0 spiro atoms. The number of rotatable bonds is 18. The quantitative estimate of drug-likeness (QED) is 0.117. The SMILES string of the molecule is CC(C)CCCCCCOC(=O)c1ccccc1C(=O)O.CC(C)CCCCCCc1cccc(C(=O)O)c1C(=O)O. The van der Waals surface area contributed by atoms with Crippen LogP contribution in [0.4, 0.5) is 0 Å². The zero-order valence-corrected chi connectivity index (χ0v) is 25.6. The summed E-state index contributed by atoms with van der Waals surface area (Å²) in [5.41, 5.74) is 0.530. The van der Waals surface area contributed by atoms with Gasteiger partial charge in [-0.15, -0.1) is 0 Å². The van der Waals surface area contributed by atoms with E-state index in [-0.39, 0.29) is 22.3 Å². The first-order valence-corrected chi connectivity index (χ1v) is 15.0. The lowest BCUT2D eigenvalue weighted by Gasteiger charge is -2.09. The van der Waals surface area contributed by atoms with Gasteiger partial charge in [0.15, 0.2) is 0 Å². The Hall–Kier alpha value is -3.68. The van der Waals surface area contributed by atoms with Gasteiger partial charge in [-0.2, -0.15) is 0 Å². The molecule has 2 aromatic rings. The fourth-order valence-electron chi connectivity index (χ4n) is 4.56. The van der Waals surface area contributed by atoms with Gasteiger partial charge in [-0.3, -0.25) is 0 Å². The Morgan fingerprint density at radius 3 is 1.62 bits per heavy atom. The third-order valence-electron chi connectivity index (χ3n) is 6.86. The molecule has 42 heavy (non-hydrogen) atoms. The standard InChI is InChI=1S/2C17H24O4/c1-13(2)9-5-3-4-8-12-21-17(20)15-11-7-6-10-14(15)16(18)19;1-12(2)8-5-3-4-6-9-13-10-7-11-14(16(18)19)15(13)17(20)21/h6-7,10-11,13H,3-5,8-9,12H2,1-2H3,(H,18,19);7,10-12H,3-6,8-9H2,1-2H3,(H,18,19)(H,20,21). The van der Waals surface area contributed by atoms with Gasteiger partial charge in [0.05, 0.1) is 28.9 Å². The van der Waals surface area contributed by atoms with Gasteiger partial charge >= 0.3 is 23.9 Å². The highest BCUT2D eigenvalue weighted by Crippen LogP contribution is 2.19. The van der Waals surface area contributed by atoms with Gasteiger partial charge in [-0.05, 0) is 54.9 Å². The molecule has 0 aliphatic rings. The van der Waals surface area contributed by atoms with Gasteiger partial charge in [-0.1, -0.05) is 103 Å². The van der Waals surface area contributed by atoms with Crippen molar-refractivity contribution in [3.8, 4) is 0 Å². The summed E-state index contributed by atoms with van der Waals surface area (Å²) in [5.74, 6) is -2.58. The van der Waals surface area contributed by atoms with Crippen LogP contribution in [-0.2, 0) is 11.2 Å². The topological polar surface area (TPSA) is 138 Å². The van der Waals surface area contributed by atoms with E-state index in [1.54, 1.807) is 24.3 Å². The molecule has 2 aromatic carbocycles. The van der Waals surface area contributed by atoms with Crippen molar-refractivity contribution >= 4 is 23.9 Å². The van der Waals surface area contributed by atoms with Crippen LogP contribution in [0, 0.1) is 11.8 Å². The highest BCUT2D eigenvalue weighted by atomic mass is 16.5. The molecule has 0 bridgehead atoms. The van der Waals surface area contributed by atoms with E-state index in [1.807, 2.05) is 0 Å². The molecule has 0 aromatic heterocycles. The summed E-state index contributed by atoms with van der Waals surface area (Å²) in [6.07, 6.45) is 11.5. The number of unbranched alkanes of at least 4 members (excludes halogenated alkanes) is 6. The fraction of sp³-hybridized carbons (Fsp3) is 0.529. The van der Waals surface area contributed by atoms with Crippen LogP contribution in [0.25, 0.3) is 0 Å². The van der Waals surface area contributed by atoms with Crippen LogP contribution in [-0.4, -0.2) is 45.8 Å². The first-order valence-electron chi connectivity index (χ1n) is 15.0. The van der Waals surface area contributed by atoms with E-state index in [1.165, 1.54) is 43.9 Å². The van der Waals surface area contributed by atoms with Gasteiger partial charge < -0.3 is 20.1 Å². The molecule has 0 unspecified atom stereocenters. The van der Waals surface area contributed by atoms with Crippen LogP contribution in [0.2, 0.25) is 0 Å². The van der Waals surface area contributed by atoms with Gasteiger partial charge in [0.1, 0.15) is 0 Å². The number of hydrogen-bond donors (Lipinski definition) is 3. The summed E-state index contributed by atoms with van der Waals surface area (Å²) in [5, 5.41) is 27.3. The number of carboxylic acid groups (broad SMARTS) is 3. The number of hydrogen-bond acceptors (Lipinski definition) is 5. The number of carbonyl (C=O) groups is 4. The molecule has 0 heterocycles. The molecule has 0 aliphatic heterocycles. The second kappa shape index (κ2) is 20.2. The van der Waals surface area contributed by atoms with Crippen molar-refractivity contribution < 1.29 is 39.2 Å². The third-order valence-corrected chi connectivity index (χ3v) is 6.86. The third kappa shape index (κ3) is 14.3. The molecule has 8 heteroatoms. The molecule has 232 valence electrons. The Bertz CT molecular complexity index is 1140. The number of aromatic carboxylic acids is 3. The van der Waals surface area contributed by atoms with E-state index in [9.17, 15) is 24.3 Å². The maximum absolute atomic E-state index is 11.9. The molecular formula is C34H48O8. The van der Waals surface area contributed by atoms with Gasteiger partial charge in [0.25, 0.3) is 0 Å². The maximum atomic E-state index is 11.9. The van der Waals surface area contributed by atoms with Crippen molar-refractivity contribution in [3.05, 3.63) is 70.3 Å². The average molecular weight is 585 g/mol. The number of carboxylic acids is 3. The number of aryl methyl sites for hydroxylation is 1. The first kappa shape index (κ1) is 36.3. The van der Waals surface area contributed by atoms with Crippen molar-refractivity contribution in [1.29, 1.82) is 0 Å². The van der Waals surface area contributed by atoms with Crippen molar-refractivity contribution in [1.82, 2.24) is 0 Å². The second-order valence-electron chi connectivity index (χ2n) is 11.4. The average Bonchev–Trinajstić information content (AvgIpc) is 2.93. The van der Waals surface area contributed by atoms with Crippen molar-refractivity contribution in [2.45, 2.75) is 98.3 Å². The largest absolute Gasteiger partial charge is 0.478 e. The molecule has 2 rings (SSSR count). The smallest absolute Gasteiger partial charge is 0.339 e. The minimum atomic E-state index is -1.19. The normalized spacial score (nSPS) is 10.7. The second-order valence-corrected chi connectivity index (χ2v) is 11.4. The minimum Gasteiger partial charge on any atom is -0.478 e. The monoisotopic (exact) mass is 584 g/mol. The predicted octanol–water partition coefficient (Wildman–Crippen LogP) is 8.38. The molecule has 0 aliphatic carbocycles. The highest BCUT2D eigenvalue weighted by Gasteiger charge is 2.19.